The van der Waals surface area contributed by atoms with Crippen LogP contribution >= 0.6 is 11.6 Å². The summed E-state index contributed by atoms with van der Waals surface area (Å²) in [6.45, 7) is 1.65. The molecule has 1 saturated heterocycles. The van der Waals surface area contributed by atoms with E-state index in [1.54, 1.807) is 12.1 Å². The van der Waals surface area contributed by atoms with Crippen LogP contribution in [0.2, 0.25) is 5.02 Å². The summed E-state index contributed by atoms with van der Waals surface area (Å²) in [7, 11) is -3.51. The third-order valence-electron chi connectivity index (χ3n) is 7.20. The number of sulfone groups is 1. The van der Waals surface area contributed by atoms with E-state index in [4.69, 9.17) is 26.7 Å². The summed E-state index contributed by atoms with van der Waals surface area (Å²) in [5.41, 5.74) is 3.31. The molecule has 1 amide bonds. The van der Waals surface area contributed by atoms with Crippen LogP contribution in [0.3, 0.4) is 0 Å². The van der Waals surface area contributed by atoms with Crippen LogP contribution in [-0.2, 0) is 27.5 Å². The first kappa shape index (κ1) is 27.4. The highest BCUT2D eigenvalue weighted by molar-refractivity contribution is 7.91. The van der Waals surface area contributed by atoms with E-state index in [9.17, 15) is 13.2 Å². The molecule has 0 radical (unpaired) electrons. The Morgan fingerprint density at radius 1 is 1.05 bits per heavy atom. The number of amides is 1. The number of halogens is 1. The molecule has 3 heterocycles. The molecule has 2 aliphatic heterocycles. The smallest absolute Gasteiger partial charge is 0.227 e. The van der Waals surface area contributed by atoms with Crippen LogP contribution in [-0.4, -0.2) is 61.4 Å². The molecule has 11 heteroatoms. The summed E-state index contributed by atoms with van der Waals surface area (Å²) in [6.07, 6.45) is 3.19. The van der Waals surface area contributed by atoms with Crippen molar-refractivity contribution in [3.05, 3.63) is 70.4 Å². The highest BCUT2D eigenvalue weighted by Gasteiger charge is 2.32. The number of aliphatic hydroxyl groups is 1. The predicted molar refractivity (Wildman–Crippen MR) is 152 cm³/mol. The van der Waals surface area contributed by atoms with Crippen molar-refractivity contribution in [3.63, 3.8) is 0 Å². The monoisotopic (exact) mass is 569 g/mol. The van der Waals surface area contributed by atoms with Crippen LogP contribution in [0.25, 0.3) is 0 Å². The van der Waals surface area contributed by atoms with Crippen molar-refractivity contribution >= 4 is 44.8 Å². The maximum Gasteiger partial charge on any atom is 0.227 e. The summed E-state index contributed by atoms with van der Waals surface area (Å²) < 4.78 is 26.1. The zero-order valence-electron chi connectivity index (χ0n) is 21.6. The summed E-state index contributed by atoms with van der Waals surface area (Å²) >= 11 is 6.05. The van der Waals surface area contributed by atoms with Crippen LogP contribution in [0.1, 0.15) is 42.0 Å². The van der Waals surface area contributed by atoms with Crippen LogP contribution in [0, 0.1) is 0 Å². The standard InChI is InChI=1S/C28H32ClN5O4S/c29-22-7-5-20(6-8-22)21-11-14-34(15-12-21)28-32-24-2-1-17-39(37,38)26(24)27(33-28)31-23-9-3-19(4-10-23)18-25(36)30-13-16-35/h3-10,21,35H,1-2,11-18H2,(H,30,36)(H,31,32,33). The van der Waals surface area contributed by atoms with Gasteiger partial charge in [0, 0.05) is 30.3 Å². The third kappa shape index (κ3) is 6.51. The van der Waals surface area contributed by atoms with E-state index in [0.29, 0.717) is 41.9 Å². The molecular weight excluding hydrogens is 538 g/mol. The molecule has 2 aliphatic rings. The Balaban J connectivity index is 1.36. The van der Waals surface area contributed by atoms with Crippen LogP contribution in [0.15, 0.2) is 53.4 Å². The Labute approximate surface area is 233 Å². The molecule has 0 atom stereocenters. The summed E-state index contributed by atoms with van der Waals surface area (Å²) in [6, 6.07) is 15.2. The molecule has 0 saturated carbocycles. The van der Waals surface area contributed by atoms with E-state index in [2.05, 4.69) is 27.7 Å². The molecular formula is C28H32ClN5O4S. The van der Waals surface area contributed by atoms with Gasteiger partial charge >= 0.3 is 0 Å². The normalized spacial score (nSPS) is 16.9. The van der Waals surface area contributed by atoms with Crippen molar-refractivity contribution in [2.45, 2.75) is 42.9 Å². The number of aromatic nitrogens is 2. The number of nitrogens with one attached hydrogen (secondary N) is 2. The number of carbonyl (C=O) groups excluding carboxylic acids is 1. The molecule has 39 heavy (non-hydrogen) atoms. The molecule has 2 aromatic carbocycles. The summed E-state index contributed by atoms with van der Waals surface area (Å²) in [5.74, 6) is 1.16. The molecule has 206 valence electrons. The Bertz CT molecular complexity index is 1420. The topological polar surface area (TPSA) is 125 Å². The molecule has 0 aliphatic carbocycles. The van der Waals surface area contributed by atoms with Gasteiger partial charge in [0.25, 0.3) is 0 Å². The van der Waals surface area contributed by atoms with Gasteiger partial charge in [0.05, 0.1) is 24.5 Å². The van der Waals surface area contributed by atoms with Gasteiger partial charge < -0.3 is 20.6 Å². The van der Waals surface area contributed by atoms with Gasteiger partial charge in [-0.2, -0.15) is 4.98 Å². The Hall–Kier alpha value is -3.21. The van der Waals surface area contributed by atoms with Crippen molar-refractivity contribution < 1.29 is 18.3 Å². The lowest BCUT2D eigenvalue weighted by Gasteiger charge is -2.33. The highest BCUT2D eigenvalue weighted by atomic mass is 35.5. The second kappa shape index (κ2) is 11.9. The highest BCUT2D eigenvalue weighted by Crippen LogP contribution is 2.35. The quantitative estimate of drug-likeness (QED) is 0.376. The van der Waals surface area contributed by atoms with Gasteiger partial charge in [-0.25, -0.2) is 13.4 Å². The van der Waals surface area contributed by atoms with Crippen molar-refractivity contribution in [2.75, 3.05) is 42.2 Å². The first-order chi connectivity index (χ1) is 18.8. The number of nitrogens with zero attached hydrogens (tertiary/aromatic N) is 3. The number of hydrogen-bond donors (Lipinski definition) is 3. The fraction of sp³-hybridized carbons (Fsp3) is 0.393. The van der Waals surface area contributed by atoms with Crippen LogP contribution in [0.4, 0.5) is 17.5 Å². The summed E-state index contributed by atoms with van der Waals surface area (Å²) in [5, 5.41) is 15.4. The lowest BCUT2D eigenvalue weighted by molar-refractivity contribution is -0.120. The van der Waals surface area contributed by atoms with Gasteiger partial charge in [0.2, 0.25) is 11.9 Å². The Morgan fingerprint density at radius 2 is 1.77 bits per heavy atom. The number of carbonyl (C=O) groups is 1. The molecule has 5 rings (SSSR count). The van der Waals surface area contributed by atoms with E-state index >= 15 is 0 Å². The molecule has 1 fully saturated rings. The van der Waals surface area contributed by atoms with E-state index in [1.807, 2.05) is 24.3 Å². The maximum atomic E-state index is 13.1. The van der Waals surface area contributed by atoms with Crippen molar-refractivity contribution in [1.82, 2.24) is 15.3 Å². The fourth-order valence-corrected chi connectivity index (χ4v) is 6.92. The van der Waals surface area contributed by atoms with Gasteiger partial charge in [-0.1, -0.05) is 35.9 Å². The van der Waals surface area contributed by atoms with Crippen molar-refractivity contribution in [2.24, 2.45) is 0 Å². The van der Waals surface area contributed by atoms with Gasteiger partial charge in [0.15, 0.2) is 15.7 Å². The average molecular weight is 570 g/mol. The van der Waals surface area contributed by atoms with Crippen LogP contribution < -0.4 is 15.5 Å². The zero-order chi connectivity index (χ0) is 27.4. The number of fused-ring (bicyclic) bond motifs is 1. The minimum atomic E-state index is -3.51. The minimum Gasteiger partial charge on any atom is -0.395 e. The van der Waals surface area contributed by atoms with E-state index < -0.39 is 9.84 Å². The Morgan fingerprint density at radius 3 is 2.46 bits per heavy atom. The molecule has 3 N–H and O–H groups in total. The van der Waals surface area contributed by atoms with Gasteiger partial charge in [-0.3, -0.25) is 4.79 Å². The van der Waals surface area contributed by atoms with Crippen molar-refractivity contribution in [1.29, 1.82) is 0 Å². The maximum absolute atomic E-state index is 13.1. The molecule has 9 nitrogen and oxygen atoms in total. The molecule has 0 unspecified atom stereocenters. The Kier molecular flexibility index (Phi) is 8.34. The summed E-state index contributed by atoms with van der Waals surface area (Å²) in [4.78, 5) is 23.7. The first-order valence-electron chi connectivity index (χ1n) is 13.2. The molecule has 1 aromatic heterocycles. The average Bonchev–Trinajstić information content (AvgIpc) is 2.93. The van der Waals surface area contributed by atoms with Gasteiger partial charge in [-0.15, -0.1) is 0 Å². The third-order valence-corrected chi connectivity index (χ3v) is 9.33. The van der Waals surface area contributed by atoms with Gasteiger partial charge in [-0.05, 0) is 67.0 Å². The second-order valence-corrected chi connectivity index (χ2v) is 12.4. The number of piperidine rings is 1. The van der Waals surface area contributed by atoms with E-state index in [1.165, 1.54) is 5.56 Å². The number of aryl methyl sites for hydroxylation is 1. The number of hydrogen-bond acceptors (Lipinski definition) is 8. The fourth-order valence-electron chi connectivity index (χ4n) is 5.17. The van der Waals surface area contributed by atoms with E-state index in [-0.39, 0.29) is 36.1 Å². The zero-order valence-corrected chi connectivity index (χ0v) is 23.1. The lowest BCUT2D eigenvalue weighted by Crippen LogP contribution is -2.35. The van der Waals surface area contributed by atoms with Crippen LogP contribution in [0.5, 0.6) is 0 Å². The predicted octanol–water partition coefficient (Wildman–Crippen LogP) is 3.63. The lowest BCUT2D eigenvalue weighted by atomic mass is 9.89. The van der Waals surface area contributed by atoms with E-state index in [0.717, 1.165) is 36.5 Å². The first-order valence-corrected chi connectivity index (χ1v) is 15.2. The molecule has 0 bridgehead atoms. The number of benzene rings is 2. The number of rotatable bonds is 8. The number of aliphatic hydroxyl groups excluding tert-OH is 1. The second-order valence-electron chi connectivity index (χ2n) is 9.96. The SMILES string of the molecule is O=C(Cc1ccc(Nc2nc(N3CCC(c4ccc(Cl)cc4)CC3)nc3c2S(=O)(=O)CCC3)cc1)NCCO. The van der Waals surface area contributed by atoms with Crippen molar-refractivity contribution in [3.8, 4) is 0 Å². The van der Waals surface area contributed by atoms with Gasteiger partial charge in [0.1, 0.15) is 4.90 Å². The minimum absolute atomic E-state index is 0.0752. The largest absolute Gasteiger partial charge is 0.395 e. The molecule has 0 spiro atoms. The molecule has 3 aromatic rings. The number of anilines is 3.